The molecular formula is C26H27FN6OS. The molecule has 0 spiro atoms. The molecule has 35 heavy (non-hydrogen) atoms. The minimum absolute atomic E-state index is 0.00936. The van der Waals surface area contributed by atoms with Crippen molar-refractivity contribution in [1.82, 2.24) is 14.5 Å². The Balaban J connectivity index is 1.28. The van der Waals surface area contributed by atoms with E-state index in [2.05, 4.69) is 39.5 Å². The summed E-state index contributed by atoms with van der Waals surface area (Å²) in [6, 6.07) is 15.2. The van der Waals surface area contributed by atoms with Gasteiger partial charge in [-0.15, -0.1) is 11.3 Å². The van der Waals surface area contributed by atoms with Crippen LogP contribution in [0, 0.1) is 5.95 Å². The maximum atomic E-state index is 13.4. The van der Waals surface area contributed by atoms with Gasteiger partial charge in [-0.05, 0) is 67.3 Å². The second-order valence-corrected chi connectivity index (χ2v) is 9.63. The Bertz CT molecular complexity index is 1320. The summed E-state index contributed by atoms with van der Waals surface area (Å²) in [7, 11) is 0. The highest BCUT2D eigenvalue weighted by molar-refractivity contribution is 7.14. The average Bonchev–Trinajstić information content (AvgIpc) is 3.60. The first-order chi connectivity index (χ1) is 17.0. The van der Waals surface area contributed by atoms with Crippen LogP contribution in [0.5, 0.6) is 0 Å². The van der Waals surface area contributed by atoms with E-state index in [1.807, 2.05) is 12.3 Å². The molecule has 4 aromatic rings. The highest BCUT2D eigenvalue weighted by Crippen LogP contribution is 2.37. The second-order valence-electron chi connectivity index (χ2n) is 8.77. The lowest BCUT2D eigenvalue weighted by Crippen LogP contribution is -2.23. The summed E-state index contributed by atoms with van der Waals surface area (Å²) >= 11 is 1.42. The van der Waals surface area contributed by atoms with Crippen LogP contribution in [0.15, 0.2) is 66.3 Å². The molecule has 1 fully saturated rings. The predicted molar refractivity (Wildman–Crippen MR) is 136 cm³/mol. The van der Waals surface area contributed by atoms with Gasteiger partial charge in [0.25, 0.3) is 5.91 Å². The quantitative estimate of drug-likeness (QED) is 0.350. The van der Waals surface area contributed by atoms with Crippen LogP contribution in [0.1, 0.15) is 59.2 Å². The summed E-state index contributed by atoms with van der Waals surface area (Å²) in [6.07, 6.45) is 5.32. The van der Waals surface area contributed by atoms with Crippen molar-refractivity contribution in [1.29, 1.82) is 0 Å². The molecule has 0 aliphatic carbocycles. The predicted octanol–water partition coefficient (Wildman–Crippen LogP) is 5.14. The summed E-state index contributed by atoms with van der Waals surface area (Å²) < 4.78 is 15.2. The van der Waals surface area contributed by atoms with Gasteiger partial charge in [-0.3, -0.25) is 10.1 Å². The summed E-state index contributed by atoms with van der Waals surface area (Å²) in [5.74, 6) is -0.790. The van der Waals surface area contributed by atoms with Crippen molar-refractivity contribution in [3.8, 4) is 0 Å². The molecule has 1 amide bonds. The number of nitrogens with two attached hydrogens (primary N) is 1. The van der Waals surface area contributed by atoms with Gasteiger partial charge in [0.15, 0.2) is 5.13 Å². The van der Waals surface area contributed by atoms with Crippen LogP contribution < -0.4 is 16.0 Å². The van der Waals surface area contributed by atoms with Crippen LogP contribution in [0.3, 0.4) is 0 Å². The first kappa shape index (κ1) is 23.2. The Kier molecular flexibility index (Phi) is 6.61. The molecule has 1 saturated heterocycles. The van der Waals surface area contributed by atoms with Gasteiger partial charge in [0, 0.05) is 42.6 Å². The highest BCUT2D eigenvalue weighted by atomic mass is 32.1. The molecule has 1 aliphatic heterocycles. The number of benzene rings is 1. The zero-order chi connectivity index (χ0) is 24.4. The van der Waals surface area contributed by atoms with Crippen molar-refractivity contribution in [2.75, 3.05) is 16.8 Å². The number of aromatic nitrogens is 3. The summed E-state index contributed by atoms with van der Waals surface area (Å²) in [6.45, 7) is 3.32. The van der Waals surface area contributed by atoms with Gasteiger partial charge in [-0.25, -0.2) is 9.97 Å². The van der Waals surface area contributed by atoms with E-state index in [-0.39, 0.29) is 18.0 Å². The third-order valence-electron chi connectivity index (χ3n) is 6.29. The van der Waals surface area contributed by atoms with Crippen molar-refractivity contribution in [3.05, 3.63) is 94.8 Å². The van der Waals surface area contributed by atoms with Crippen molar-refractivity contribution < 1.29 is 9.18 Å². The third-order valence-corrected chi connectivity index (χ3v) is 7.07. The summed E-state index contributed by atoms with van der Waals surface area (Å²) in [5, 5.41) is 5.51. The fraction of sp³-hybridized carbons (Fsp3) is 0.269. The number of halogens is 1. The van der Waals surface area contributed by atoms with E-state index in [0.717, 1.165) is 41.9 Å². The van der Waals surface area contributed by atoms with Crippen molar-refractivity contribution in [2.45, 2.75) is 38.4 Å². The van der Waals surface area contributed by atoms with Gasteiger partial charge >= 0.3 is 0 Å². The maximum Gasteiger partial charge on any atom is 0.274 e. The number of carbonyl (C=O) groups is 1. The van der Waals surface area contributed by atoms with Gasteiger partial charge < -0.3 is 15.2 Å². The Morgan fingerprint density at radius 2 is 2.11 bits per heavy atom. The molecule has 3 aromatic heterocycles. The summed E-state index contributed by atoms with van der Waals surface area (Å²) in [5.41, 5.74) is 10.4. The molecule has 180 valence electrons. The average molecular weight is 491 g/mol. The monoisotopic (exact) mass is 490 g/mol. The van der Waals surface area contributed by atoms with Crippen molar-refractivity contribution in [3.63, 3.8) is 0 Å². The van der Waals surface area contributed by atoms with Gasteiger partial charge in [0.2, 0.25) is 5.95 Å². The number of thiazole rings is 1. The molecular weight excluding hydrogens is 463 g/mol. The van der Waals surface area contributed by atoms with E-state index < -0.39 is 5.95 Å². The second kappa shape index (κ2) is 9.97. The smallest absolute Gasteiger partial charge is 0.274 e. The van der Waals surface area contributed by atoms with Crippen LogP contribution in [0.25, 0.3) is 0 Å². The standard InChI is InChI=1S/C26H27FN6OS/c1-17(28)19-6-8-20(9-7-19)33-13-3-4-22(33)21-16-35-26(30-21)31-25(34)23-5-2-12-32(23)15-18-10-11-29-24(27)14-18/h2,5-12,14,16-17,22H,3-4,13,15,28H2,1H3,(H,30,31,34)/t17-,22-/m1/s1. The van der Waals surface area contributed by atoms with Crippen molar-refractivity contribution in [2.24, 2.45) is 5.73 Å². The lowest BCUT2D eigenvalue weighted by atomic mass is 10.1. The number of hydrogen-bond acceptors (Lipinski definition) is 6. The Labute approximate surface area is 207 Å². The van der Waals surface area contributed by atoms with E-state index in [1.54, 1.807) is 29.0 Å². The number of nitrogens with zero attached hydrogens (tertiary/aromatic N) is 4. The molecule has 1 aromatic carbocycles. The topological polar surface area (TPSA) is 89.1 Å². The third kappa shape index (κ3) is 5.11. The molecule has 3 N–H and O–H groups in total. The molecule has 7 nitrogen and oxygen atoms in total. The minimum Gasteiger partial charge on any atom is -0.363 e. The lowest BCUT2D eigenvalue weighted by Gasteiger charge is -2.26. The zero-order valence-corrected chi connectivity index (χ0v) is 20.2. The number of hydrogen-bond donors (Lipinski definition) is 2. The number of nitrogens with one attached hydrogen (secondary N) is 1. The summed E-state index contributed by atoms with van der Waals surface area (Å²) in [4.78, 5) is 23.7. The Morgan fingerprint density at radius 1 is 1.29 bits per heavy atom. The number of anilines is 2. The number of rotatable bonds is 7. The largest absolute Gasteiger partial charge is 0.363 e. The maximum absolute atomic E-state index is 13.4. The van der Waals surface area contributed by atoms with Crippen molar-refractivity contribution >= 4 is 28.1 Å². The number of pyridine rings is 1. The number of amides is 1. The molecule has 4 heterocycles. The fourth-order valence-corrected chi connectivity index (χ4v) is 5.26. The van der Waals surface area contributed by atoms with Crippen LogP contribution in [-0.4, -0.2) is 27.0 Å². The molecule has 5 rings (SSSR count). The zero-order valence-electron chi connectivity index (χ0n) is 19.4. The van der Waals surface area contributed by atoms with Crippen LogP contribution >= 0.6 is 11.3 Å². The fourth-order valence-electron chi connectivity index (χ4n) is 4.51. The first-order valence-electron chi connectivity index (χ1n) is 11.6. The highest BCUT2D eigenvalue weighted by Gasteiger charge is 2.28. The van der Waals surface area contributed by atoms with E-state index in [1.165, 1.54) is 23.6 Å². The van der Waals surface area contributed by atoms with Crippen LogP contribution in [0.4, 0.5) is 15.2 Å². The molecule has 0 unspecified atom stereocenters. The van der Waals surface area contributed by atoms with E-state index in [4.69, 9.17) is 10.7 Å². The number of carbonyl (C=O) groups excluding carboxylic acids is 1. The Hall–Kier alpha value is -3.56. The van der Waals surface area contributed by atoms with Gasteiger partial charge in [-0.1, -0.05) is 12.1 Å². The first-order valence-corrected chi connectivity index (χ1v) is 12.5. The SMILES string of the molecule is C[C@@H](N)c1ccc(N2CCC[C@@H]2c2csc(NC(=O)c3cccn3Cc3ccnc(F)c3)n2)cc1. The normalized spacial score (nSPS) is 16.4. The van der Waals surface area contributed by atoms with Crippen LogP contribution in [0.2, 0.25) is 0 Å². The van der Waals surface area contributed by atoms with Gasteiger partial charge in [-0.2, -0.15) is 4.39 Å². The lowest BCUT2D eigenvalue weighted by molar-refractivity contribution is 0.101. The molecule has 1 aliphatic rings. The van der Waals surface area contributed by atoms with Gasteiger partial charge in [0.05, 0.1) is 11.7 Å². The Morgan fingerprint density at radius 3 is 2.89 bits per heavy atom. The molecule has 0 saturated carbocycles. The molecule has 0 bridgehead atoms. The molecule has 0 radical (unpaired) electrons. The van der Waals surface area contributed by atoms with Gasteiger partial charge in [0.1, 0.15) is 5.69 Å². The van der Waals surface area contributed by atoms with E-state index in [0.29, 0.717) is 17.4 Å². The van der Waals surface area contributed by atoms with Crippen LogP contribution in [-0.2, 0) is 6.54 Å². The minimum atomic E-state index is -0.540. The molecule has 2 atom stereocenters. The molecule has 9 heteroatoms. The van der Waals surface area contributed by atoms with E-state index in [9.17, 15) is 9.18 Å². The van der Waals surface area contributed by atoms with E-state index >= 15 is 0 Å².